The van der Waals surface area contributed by atoms with Gasteiger partial charge in [0.15, 0.2) is 0 Å². The molecule has 24 heavy (non-hydrogen) atoms. The van der Waals surface area contributed by atoms with Gasteiger partial charge in [-0.1, -0.05) is 18.2 Å². The first-order valence-electron chi connectivity index (χ1n) is 8.20. The van der Waals surface area contributed by atoms with Gasteiger partial charge in [0.25, 0.3) is 5.91 Å². The van der Waals surface area contributed by atoms with E-state index in [1.165, 1.54) is 12.1 Å². The number of hydrogen-bond donors (Lipinski definition) is 0. The average Bonchev–Trinajstić information content (AvgIpc) is 2.62. The van der Waals surface area contributed by atoms with Crippen molar-refractivity contribution in [3.8, 4) is 5.75 Å². The zero-order valence-electron chi connectivity index (χ0n) is 13.7. The number of anilines is 1. The molecule has 4 nitrogen and oxygen atoms in total. The molecule has 1 saturated heterocycles. The Morgan fingerprint density at radius 3 is 2.54 bits per heavy atom. The third kappa shape index (κ3) is 3.50. The van der Waals surface area contributed by atoms with Gasteiger partial charge in [0.1, 0.15) is 11.6 Å². The second kappa shape index (κ2) is 7.34. The number of halogens is 1. The van der Waals surface area contributed by atoms with Gasteiger partial charge >= 0.3 is 0 Å². The number of benzene rings is 2. The van der Waals surface area contributed by atoms with E-state index in [-0.39, 0.29) is 11.7 Å². The van der Waals surface area contributed by atoms with Crippen LogP contribution in [0.1, 0.15) is 17.3 Å². The summed E-state index contributed by atoms with van der Waals surface area (Å²) in [6.07, 6.45) is 0. The lowest BCUT2D eigenvalue weighted by atomic mass is 10.1. The Hall–Kier alpha value is -2.56. The molecule has 1 aliphatic rings. The third-order valence-corrected chi connectivity index (χ3v) is 4.14. The zero-order chi connectivity index (χ0) is 16.9. The van der Waals surface area contributed by atoms with Crippen LogP contribution in [0.2, 0.25) is 0 Å². The predicted octanol–water partition coefficient (Wildman–Crippen LogP) is 3.19. The number of amides is 1. The second-order valence-electron chi connectivity index (χ2n) is 5.69. The van der Waals surface area contributed by atoms with Crippen LogP contribution in [0.5, 0.6) is 5.75 Å². The Morgan fingerprint density at radius 2 is 1.83 bits per heavy atom. The lowest BCUT2D eigenvalue weighted by Gasteiger charge is -2.36. The first-order valence-corrected chi connectivity index (χ1v) is 8.20. The average molecular weight is 328 g/mol. The van der Waals surface area contributed by atoms with Crippen LogP contribution in [0, 0.1) is 5.82 Å². The first kappa shape index (κ1) is 16.3. The molecule has 0 spiro atoms. The van der Waals surface area contributed by atoms with Crippen LogP contribution in [-0.4, -0.2) is 43.6 Å². The van der Waals surface area contributed by atoms with E-state index in [1.54, 1.807) is 17.0 Å². The van der Waals surface area contributed by atoms with Crippen LogP contribution in [0.25, 0.3) is 0 Å². The smallest absolute Gasteiger partial charge is 0.254 e. The molecule has 0 unspecified atom stereocenters. The summed E-state index contributed by atoms with van der Waals surface area (Å²) >= 11 is 0. The molecule has 1 fully saturated rings. The van der Waals surface area contributed by atoms with E-state index in [1.807, 2.05) is 31.2 Å². The van der Waals surface area contributed by atoms with Gasteiger partial charge in [-0.25, -0.2) is 4.39 Å². The van der Waals surface area contributed by atoms with E-state index in [0.29, 0.717) is 25.3 Å². The van der Waals surface area contributed by atoms with Crippen LogP contribution < -0.4 is 9.64 Å². The van der Waals surface area contributed by atoms with Crippen LogP contribution in [0.4, 0.5) is 10.1 Å². The van der Waals surface area contributed by atoms with Gasteiger partial charge in [-0.3, -0.25) is 4.79 Å². The molecule has 0 radical (unpaired) electrons. The molecule has 1 amide bonds. The van der Waals surface area contributed by atoms with Crippen LogP contribution in [-0.2, 0) is 0 Å². The topological polar surface area (TPSA) is 32.8 Å². The van der Waals surface area contributed by atoms with Crippen molar-refractivity contribution in [2.75, 3.05) is 37.7 Å². The minimum Gasteiger partial charge on any atom is -0.492 e. The monoisotopic (exact) mass is 328 g/mol. The fourth-order valence-electron chi connectivity index (χ4n) is 2.95. The minimum absolute atomic E-state index is 0.118. The molecule has 0 bridgehead atoms. The highest BCUT2D eigenvalue weighted by Gasteiger charge is 2.23. The van der Waals surface area contributed by atoms with E-state index in [0.717, 1.165) is 24.5 Å². The van der Waals surface area contributed by atoms with Crippen molar-refractivity contribution in [3.05, 3.63) is 59.9 Å². The molecule has 126 valence electrons. The van der Waals surface area contributed by atoms with Crippen molar-refractivity contribution >= 4 is 11.6 Å². The third-order valence-electron chi connectivity index (χ3n) is 4.14. The van der Waals surface area contributed by atoms with E-state index in [9.17, 15) is 9.18 Å². The van der Waals surface area contributed by atoms with Gasteiger partial charge in [0.2, 0.25) is 0 Å². The number of nitrogens with zero attached hydrogens (tertiary/aromatic N) is 2. The molecule has 1 aliphatic heterocycles. The molecule has 0 N–H and O–H groups in total. The molecular formula is C19H21FN2O2. The summed E-state index contributed by atoms with van der Waals surface area (Å²) in [7, 11) is 0. The maximum Gasteiger partial charge on any atom is 0.254 e. The number of piperazine rings is 1. The number of rotatable bonds is 4. The van der Waals surface area contributed by atoms with Crippen LogP contribution in [0.3, 0.4) is 0 Å². The standard InChI is InChI=1S/C19H21FN2O2/c1-2-24-18-9-4-3-8-17(18)21-10-12-22(13-11-21)19(23)15-6-5-7-16(20)14-15/h3-9,14H,2,10-13H2,1H3. The quantitative estimate of drug-likeness (QED) is 0.864. The summed E-state index contributed by atoms with van der Waals surface area (Å²) in [4.78, 5) is 16.5. The van der Waals surface area contributed by atoms with E-state index in [2.05, 4.69) is 4.90 Å². The summed E-state index contributed by atoms with van der Waals surface area (Å²) in [5, 5.41) is 0. The summed E-state index contributed by atoms with van der Waals surface area (Å²) in [5.74, 6) is 0.363. The Bertz CT molecular complexity index is 712. The zero-order valence-corrected chi connectivity index (χ0v) is 13.7. The molecule has 0 saturated carbocycles. The molecule has 2 aromatic carbocycles. The highest BCUT2D eigenvalue weighted by molar-refractivity contribution is 5.94. The Morgan fingerprint density at radius 1 is 1.08 bits per heavy atom. The number of carbonyl (C=O) groups excluding carboxylic acids is 1. The maximum absolute atomic E-state index is 13.3. The fraction of sp³-hybridized carbons (Fsp3) is 0.316. The molecule has 0 atom stereocenters. The Labute approximate surface area is 141 Å². The maximum atomic E-state index is 13.3. The molecule has 0 aliphatic carbocycles. The number of ether oxygens (including phenoxy) is 1. The van der Waals surface area contributed by atoms with Crippen molar-refractivity contribution in [1.29, 1.82) is 0 Å². The normalized spacial score (nSPS) is 14.6. The largest absolute Gasteiger partial charge is 0.492 e. The van der Waals surface area contributed by atoms with Gasteiger partial charge in [-0.05, 0) is 37.3 Å². The van der Waals surface area contributed by atoms with Crippen molar-refractivity contribution in [3.63, 3.8) is 0 Å². The summed E-state index contributed by atoms with van der Waals surface area (Å²) < 4.78 is 19.0. The van der Waals surface area contributed by atoms with Crippen molar-refractivity contribution in [2.45, 2.75) is 6.92 Å². The van der Waals surface area contributed by atoms with Crippen LogP contribution >= 0.6 is 0 Å². The van der Waals surface area contributed by atoms with Gasteiger partial charge in [-0.15, -0.1) is 0 Å². The molecule has 0 aromatic heterocycles. The fourth-order valence-corrected chi connectivity index (χ4v) is 2.95. The minimum atomic E-state index is -0.384. The molecule has 5 heteroatoms. The second-order valence-corrected chi connectivity index (χ2v) is 5.69. The van der Waals surface area contributed by atoms with Crippen molar-refractivity contribution in [1.82, 2.24) is 4.90 Å². The van der Waals surface area contributed by atoms with Gasteiger partial charge in [-0.2, -0.15) is 0 Å². The lowest BCUT2D eigenvalue weighted by molar-refractivity contribution is 0.0746. The van der Waals surface area contributed by atoms with Crippen molar-refractivity contribution in [2.24, 2.45) is 0 Å². The summed E-state index contributed by atoms with van der Waals surface area (Å²) in [6.45, 7) is 5.25. The molecule has 3 rings (SSSR count). The molecular weight excluding hydrogens is 307 g/mol. The SMILES string of the molecule is CCOc1ccccc1N1CCN(C(=O)c2cccc(F)c2)CC1. The predicted molar refractivity (Wildman–Crippen MR) is 92.1 cm³/mol. The van der Waals surface area contributed by atoms with Crippen LogP contribution in [0.15, 0.2) is 48.5 Å². The van der Waals surface area contributed by atoms with Gasteiger partial charge in [0.05, 0.1) is 12.3 Å². The highest BCUT2D eigenvalue weighted by atomic mass is 19.1. The van der Waals surface area contributed by atoms with E-state index >= 15 is 0 Å². The van der Waals surface area contributed by atoms with Crippen molar-refractivity contribution < 1.29 is 13.9 Å². The van der Waals surface area contributed by atoms with E-state index in [4.69, 9.17) is 4.74 Å². The van der Waals surface area contributed by atoms with Gasteiger partial charge < -0.3 is 14.5 Å². The van der Waals surface area contributed by atoms with E-state index < -0.39 is 0 Å². The molecule has 2 aromatic rings. The Kier molecular flexibility index (Phi) is 4.99. The lowest BCUT2D eigenvalue weighted by Crippen LogP contribution is -2.48. The van der Waals surface area contributed by atoms with Gasteiger partial charge in [0, 0.05) is 31.7 Å². The highest BCUT2D eigenvalue weighted by Crippen LogP contribution is 2.29. The molecule has 1 heterocycles. The Balaban J connectivity index is 1.67. The summed E-state index contributed by atoms with van der Waals surface area (Å²) in [5.41, 5.74) is 1.45. The number of hydrogen-bond acceptors (Lipinski definition) is 3. The number of para-hydroxylation sites is 2. The summed E-state index contributed by atoms with van der Waals surface area (Å²) in [6, 6.07) is 13.8. The first-order chi connectivity index (χ1) is 11.7. The number of carbonyl (C=O) groups is 1.